The molecule has 0 bridgehead atoms. The van der Waals surface area contributed by atoms with Crippen molar-refractivity contribution in [3.63, 3.8) is 0 Å². The lowest BCUT2D eigenvalue weighted by atomic mass is 10.2. The van der Waals surface area contributed by atoms with Crippen LogP contribution in [-0.4, -0.2) is 34.2 Å². The van der Waals surface area contributed by atoms with Gasteiger partial charge in [0.15, 0.2) is 0 Å². The normalized spacial score (nSPS) is 14.0. The molecular weight excluding hydrogens is 289 g/mol. The summed E-state index contributed by atoms with van der Waals surface area (Å²) in [6, 6.07) is 0. The molecule has 1 rings (SSSR count). The molecule has 3 nitrogen and oxygen atoms in total. The Morgan fingerprint density at radius 3 is 2.81 bits per heavy atom. The van der Waals surface area contributed by atoms with Gasteiger partial charge >= 0.3 is 6.18 Å². The summed E-state index contributed by atoms with van der Waals surface area (Å²) in [5, 5.41) is 0. The average Bonchev–Trinajstić information content (AvgIpc) is 2.63. The highest BCUT2D eigenvalue weighted by atomic mass is 79.9. The minimum absolute atomic E-state index is 0.0619. The van der Waals surface area contributed by atoms with E-state index in [0.717, 1.165) is 5.82 Å². The third-order valence-corrected chi connectivity index (χ3v) is 2.59. The molecule has 0 amide bonds. The number of alkyl halides is 4. The molecule has 0 aliphatic heterocycles. The Labute approximate surface area is 99.5 Å². The van der Waals surface area contributed by atoms with Gasteiger partial charge in [-0.15, -0.1) is 0 Å². The molecule has 0 saturated heterocycles. The summed E-state index contributed by atoms with van der Waals surface area (Å²) < 4.78 is 39.7. The van der Waals surface area contributed by atoms with E-state index in [-0.39, 0.29) is 11.4 Å². The fourth-order valence-corrected chi connectivity index (χ4v) is 1.61. The molecule has 0 aromatic carbocycles. The maximum Gasteiger partial charge on any atom is 0.411 e. The van der Waals surface area contributed by atoms with Gasteiger partial charge in [0.05, 0.1) is 0 Å². The number of H-pyrrole nitrogens is 1. The molecule has 7 heteroatoms. The fourth-order valence-electron chi connectivity index (χ4n) is 1.12. The van der Waals surface area contributed by atoms with Crippen LogP contribution in [0.4, 0.5) is 13.2 Å². The Balaban J connectivity index is 2.09. The number of aromatic amines is 1. The van der Waals surface area contributed by atoms with Gasteiger partial charge in [0.1, 0.15) is 12.4 Å². The molecule has 0 fully saturated rings. The number of rotatable bonds is 6. The number of nitrogens with zero attached hydrogens (tertiary/aromatic N) is 1. The number of imidazole rings is 1. The first-order valence-corrected chi connectivity index (χ1v) is 5.66. The van der Waals surface area contributed by atoms with E-state index in [1.54, 1.807) is 12.4 Å². The number of aromatic nitrogens is 2. The zero-order chi connectivity index (χ0) is 12.0. The summed E-state index contributed by atoms with van der Waals surface area (Å²) in [4.78, 5) is 7.00. The highest BCUT2D eigenvalue weighted by molar-refractivity contribution is 9.09. The van der Waals surface area contributed by atoms with Crippen LogP contribution in [0.3, 0.4) is 0 Å². The molecule has 1 unspecified atom stereocenters. The second kappa shape index (κ2) is 6.24. The van der Waals surface area contributed by atoms with Crippen LogP contribution >= 0.6 is 15.9 Å². The van der Waals surface area contributed by atoms with Crippen LogP contribution in [-0.2, 0) is 11.2 Å². The summed E-state index contributed by atoms with van der Waals surface area (Å²) in [6.45, 7) is -1.11. The summed E-state index contributed by atoms with van der Waals surface area (Å²) in [6.07, 6.45) is 0.242. The van der Waals surface area contributed by atoms with Crippen molar-refractivity contribution in [3.8, 4) is 0 Å². The molecule has 1 atom stereocenters. The van der Waals surface area contributed by atoms with Crippen LogP contribution < -0.4 is 0 Å². The monoisotopic (exact) mass is 300 g/mol. The Morgan fingerprint density at radius 2 is 2.25 bits per heavy atom. The summed E-state index contributed by atoms with van der Waals surface area (Å²) in [5.74, 6) is 0.803. The number of hydrogen-bond donors (Lipinski definition) is 1. The maximum atomic E-state index is 11.7. The predicted molar refractivity (Wildman–Crippen MR) is 56.5 cm³/mol. The van der Waals surface area contributed by atoms with Crippen LogP contribution in [0.5, 0.6) is 0 Å². The smallest absolute Gasteiger partial charge is 0.372 e. The highest BCUT2D eigenvalue weighted by Gasteiger charge is 2.27. The third-order valence-electron chi connectivity index (χ3n) is 1.81. The van der Waals surface area contributed by atoms with Crippen molar-refractivity contribution in [2.75, 3.05) is 13.2 Å². The summed E-state index contributed by atoms with van der Waals surface area (Å²) in [7, 11) is 0. The Morgan fingerprint density at radius 1 is 1.50 bits per heavy atom. The molecule has 0 radical (unpaired) electrons. The van der Waals surface area contributed by atoms with E-state index in [9.17, 15) is 13.2 Å². The fraction of sp³-hybridized carbons (Fsp3) is 0.667. The van der Waals surface area contributed by atoms with Gasteiger partial charge in [0.25, 0.3) is 0 Å². The first-order valence-electron chi connectivity index (χ1n) is 4.74. The van der Waals surface area contributed by atoms with Crippen LogP contribution in [0.15, 0.2) is 12.4 Å². The van der Waals surface area contributed by atoms with Gasteiger partial charge in [-0.2, -0.15) is 13.2 Å². The van der Waals surface area contributed by atoms with Gasteiger partial charge in [-0.25, -0.2) is 4.98 Å². The molecule has 92 valence electrons. The minimum atomic E-state index is -4.25. The molecule has 0 aliphatic carbocycles. The molecule has 1 N–H and O–H groups in total. The van der Waals surface area contributed by atoms with Gasteiger partial charge in [-0.1, -0.05) is 15.9 Å². The Bertz CT molecular complexity index is 289. The van der Waals surface area contributed by atoms with Gasteiger partial charge in [-0.3, -0.25) is 0 Å². The van der Waals surface area contributed by atoms with Gasteiger partial charge in [-0.05, 0) is 6.42 Å². The highest BCUT2D eigenvalue weighted by Crippen LogP contribution is 2.16. The van der Waals surface area contributed by atoms with Crippen molar-refractivity contribution < 1.29 is 17.9 Å². The number of nitrogens with one attached hydrogen (secondary N) is 1. The first kappa shape index (κ1) is 13.5. The van der Waals surface area contributed by atoms with Crippen molar-refractivity contribution in [2.24, 2.45) is 0 Å². The van der Waals surface area contributed by atoms with Gasteiger partial charge < -0.3 is 9.72 Å². The van der Waals surface area contributed by atoms with Crippen LogP contribution in [0.1, 0.15) is 12.2 Å². The Kier molecular flexibility index (Phi) is 5.27. The van der Waals surface area contributed by atoms with Gasteiger partial charge in [0, 0.05) is 30.2 Å². The van der Waals surface area contributed by atoms with Crippen LogP contribution in [0, 0.1) is 0 Å². The van der Waals surface area contributed by atoms with E-state index in [4.69, 9.17) is 0 Å². The molecule has 1 aromatic heterocycles. The lowest BCUT2D eigenvalue weighted by Crippen LogP contribution is -2.18. The number of ether oxygens (including phenoxy) is 1. The SMILES string of the molecule is FC(F)(F)COCCC(Br)Cc1ncc[nH]1. The largest absolute Gasteiger partial charge is 0.411 e. The van der Waals surface area contributed by atoms with Crippen LogP contribution in [0.2, 0.25) is 0 Å². The van der Waals surface area contributed by atoms with E-state index in [1.165, 1.54) is 0 Å². The van der Waals surface area contributed by atoms with E-state index >= 15 is 0 Å². The molecule has 0 spiro atoms. The molecule has 0 aliphatic rings. The van der Waals surface area contributed by atoms with E-state index in [0.29, 0.717) is 12.8 Å². The average molecular weight is 301 g/mol. The van der Waals surface area contributed by atoms with Crippen molar-refractivity contribution in [2.45, 2.75) is 23.8 Å². The van der Waals surface area contributed by atoms with E-state index in [1.807, 2.05) is 0 Å². The molecular formula is C9H12BrF3N2O. The third kappa shape index (κ3) is 6.12. The second-order valence-electron chi connectivity index (χ2n) is 3.29. The molecule has 16 heavy (non-hydrogen) atoms. The quantitative estimate of drug-likeness (QED) is 0.648. The number of halogens is 4. The molecule has 1 aromatic rings. The van der Waals surface area contributed by atoms with Gasteiger partial charge in [0.2, 0.25) is 0 Å². The van der Waals surface area contributed by atoms with Crippen molar-refractivity contribution >= 4 is 15.9 Å². The molecule has 1 heterocycles. The Hall–Kier alpha value is -0.560. The summed E-state index contributed by atoms with van der Waals surface area (Å²) in [5.41, 5.74) is 0. The van der Waals surface area contributed by atoms with E-state index < -0.39 is 12.8 Å². The molecule has 0 saturated carbocycles. The predicted octanol–water partition coefficient (Wildman–Crippen LogP) is 2.68. The standard InChI is InChI=1S/C9H12BrF3N2O/c10-7(5-8-14-2-3-15-8)1-4-16-6-9(11,12)13/h2-3,7H,1,4-6H2,(H,14,15). The van der Waals surface area contributed by atoms with Crippen molar-refractivity contribution in [1.29, 1.82) is 0 Å². The van der Waals surface area contributed by atoms with E-state index in [2.05, 4.69) is 30.6 Å². The number of hydrogen-bond acceptors (Lipinski definition) is 2. The maximum absolute atomic E-state index is 11.7. The first-order chi connectivity index (χ1) is 7.47. The minimum Gasteiger partial charge on any atom is -0.372 e. The van der Waals surface area contributed by atoms with Crippen LogP contribution in [0.25, 0.3) is 0 Å². The van der Waals surface area contributed by atoms with Crippen molar-refractivity contribution in [3.05, 3.63) is 18.2 Å². The summed E-state index contributed by atoms with van der Waals surface area (Å²) >= 11 is 3.36. The topological polar surface area (TPSA) is 37.9 Å². The lowest BCUT2D eigenvalue weighted by molar-refractivity contribution is -0.174. The zero-order valence-corrected chi connectivity index (χ0v) is 10.0. The van der Waals surface area contributed by atoms with Crippen molar-refractivity contribution in [1.82, 2.24) is 9.97 Å². The second-order valence-corrected chi connectivity index (χ2v) is 4.59. The zero-order valence-electron chi connectivity index (χ0n) is 8.43. The lowest BCUT2D eigenvalue weighted by Gasteiger charge is -2.10.